The van der Waals surface area contributed by atoms with E-state index in [4.69, 9.17) is 10.8 Å². The quantitative estimate of drug-likeness (QED) is 0.627. The summed E-state index contributed by atoms with van der Waals surface area (Å²) >= 11 is 0. The number of nitrogens with zero attached hydrogens (tertiary/aromatic N) is 2. The van der Waals surface area contributed by atoms with E-state index in [0.29, 0.717) is 43.0 Å². The summed E-state index contributed by atoms with van der Waals surface area (Å²) in [6.07, 6.45) is 3.91. The van der Waals surface area contributed by atoms with Crippen molar-refractivity contribution >= 4 is 29.3 Å². The van der Waals surface area contributed by atoms with Gasteiger partial charge in [-0.05, 0) is 48.6 Å². The van der Waals surface area contributed by atoms with Gasteiger partial charge in [0.1, 0.15) is 11.6 Å². The lowest BCUT2D eigenvalue weighted by Gasteiger charge is -2.23. The highest BCUT2D eigenvalue weighted by molar-refractivity contribution is 6.05. The fraction of sp³-hybridized carbons (Fsp3) is 0.346. The number of aliphatic hydroxyl groups is 1. The van der Waals surface area contributed by atoms with Crippen LogP contribution in [0.2, 0.25) is 0 Å². The molecule has 2 aromatic carbocycles. The standard InChI is InChI=1S/C26H31N3O3/c1-3-11-29(12-6-13-30)26(32)22-15-21-10-9-20(16-24(21)28-25(27)17-22)23-8-5-4-7-19(23)14-18(2)31/h4-5,7-10,15-16,30H,3,6,11-14,17H2,1-2H3,(H2,27,28). The topological polar surface area (TPSA) is 96.0 Å². The van der Waals surface area contributed by atoms with Crippen molar-refractivity contribution < 1.29 is 14.7 Å². The molecule has 1 aliphatic heterocycles. The van der Waals surface area contributed by atoms with Crippen LogP contribution >= 0.6 is 0 Å². The lowest BCUT2D eigenvalue weighted by atomic mass is 9.95. The smallest absolute Gasteiger partial charge is 0.250 e. The number of hydrogen-bond donors (Lipinski definition) is 2. The van der Waals surface area contributed by atoms with Gasteiger partial charge in [0, 0.05) is 43.7 Å². The predicted octanol–water partition coefficient (Wildman–Crippen LogP) is 3.88. The van der Waals surface area contributed by atoms with Gasteiger partial charge in [0.15, 0.2) is 0 Å². The maximum absolute atomic E-state index is 13.2. The molecule has 6 nitrogen and oxygen atoms in total. The third-order valence-corrected chi connectivity index (χ3v) is 5.41. The van der Waals surface area contributed by atoms with E-state index in [1.165, 1.54) is 0 Å². The Labute approximate surface area is 189 Å². The number of amidine groups is 1. The van der Waals surface area contributed by atoms with E-state index >= 15 is 0 Å². The Bertz CT molecular complexity index is 1060. The van der Waals surface area contributed by atoms with Gasteiger partial charge in [-0.15, -0.1) is 0 Å². The van der Waals surface area contributed by atoms with Crippen LogP contribution in [0.5, 0.6) is 0 Å². The molecule has 2 aromatic rings. The van der Waals surface area contributed by atoms with Crippen molar-refractivity contribution in [2.75, 3.05) is 19.7 Å². The second-order valence-electron chi connectivity index (χ2n) is 8.13. The second kappa shape index (κ2) is 10.9. The number of benzene rings is 2. The normalized spacial score (nSPS) is 13.0. The summed E-state index contributed by atoms with van der Waals surface area (Å²) in [5.41, 5.74) is 11.2. The predicted molar refractivity (Wildman–Crippen MR) is 129 cm³/mol. The summed E-state index contributed by atoms with van der Waals surface area (Å²) in [5.74, 6) is 0.428. The number of Topliss-reactive ketones (excluding diaryl/α,β-unsaturated/α-hetero) is 1. The Morgan fingerprint density at radius 3 is 2.66 bits per heavy atom. The SMILES string of the molecule is CCCN(CCCO)C(=O)C1=Cc2ccc(-c3ccccc3CC(C)=O)cc2N=C(N)C1. The number of rotatable bonds is 9. The van der Waals surface area contributed by atoms with Gasteiger partial charge < -0.3 is 15.7 Å². The minimum absolute atomic E-state index is 0.0485. The van der Waals surface area contributed by atoms with Crippen molar-refractivity contribution in [1.29, 1.82) is 0 Å². The molecule has 1 aliphatic rings. The number of amides is 1. The van der Waals surface area contributed by atoms with Crippen LogP contribution in [0, 0.1) is 0 Å². The minimum Gasteiger partial charge on any atom is -0.396 e. The van der Waals surface area contributed by atoms with Gasteiger partial charge in [-0.2, -0.15) is 0 Å². The number of nitrogens with two attached hydrogens (primary N) is 1. The van der Waals surface area contributed by atoms with Crippen LogP contribution < -0.4 is 5.73 Å². The largest absolute Gasteiger partial charge is 0.396 e. The summed E-state index contributed by atoms with van der Waals surface area (Å²) < 4.78 is 0. The number of aliphatic imine (C=N–C) groups is 1. The van der Waals surface area contributed by atoms with Crippen LogP contribution in [0.25, 0.3) is 17.2 Å². The van der Waals surface area contributed by atoms with Crippen LogP contribution in [0.15, 0.2) is 53.0 Å². The highest BCUT2D eigenvalue weighted by atomic mass is 16.3. The highest BCUT2D eigenvalue weighted by Gasteiger charge is 2.21. The van der Waals surface area contributed by atoms with E-state index < -0.39 is 0 Å². The Hall–Kier alpha value is -3.25. The molecule has 32 heavy (non-hydrogen) atoms. The number of fused-ring (bicyclic) bond motifs is 1. The summed E-state index contributed by atoms with van der Waals surface area (Å²) in [5, 5.41) is 9.17. The molecule has 6 heteroatoms. The van der Waals surface area contributed by atoms with Crippen LogP contribution in [0.1, 0.15) is 44.2 Å². The van der Waals surface area contributed by atoms with Gasteiger partial charge in [0.2, 0.25) is 5.91 Å². The molecule has 0 aromatic heterocycles. The van der Waals surface area contributed by atoms with Gasteiger partial charge in [-0.1, -0.05) is 43.3 Å². The molecule has 3 N–H and O–H groups in total. The second-order valence-corrected chi connectivity index (χ2v) is 8.13. The maximum atomic E-state index is 13.2. The molecule has 0 spiro atoms. The lowest BCUT2D eigenvalue weighted by molar-refractivity contribution is -0.127. The van der Waals surface area contributed by atoms with E-state index in [0.717, 1.165) is 28.7 Å². The number of ketones is 1. The first-order valence-electron chi connectivity index (χ1n) is 11.1. The van der Waals surface area contributed by atoms with E-state index in [9.17, 15) is 9.59 Å². The maximum Gasteiger partial charge on any atom is 0.250 e. The first kappa shape index (κ1) is 23.4. The number of aliphatic hydroxyl groups excluding tert-OH is 1. The number of carbonyl (C=O) groups is 2. The minimum atomic E-state index is -0.0674. The van der Waals surface area contributed by atoms with Gasteiger partial charge in [-0.3, -0.25) is 9.59 Å². The van der Waals surface area contributed by atoms with E-state index in [1.807, 2.05) is 55.5 Å². The van der Waals surface area contributed by atoms with Crippen molar-refractivity contribution in [1.82, 2.24) is 4.90 Å². The van der Waals surface area contributed by atoms with E-state index in [2.05, 4.69) is 4.99 Å². The molecular weight excluding hydrogens is 402 g/mol. The molecule has 3 rings (SSSR count). The Morgan fingerprint density at radius 2 is 1.94 bits per heavy atom. The van der Waals surface area contributed by atoms with Gasteiger partial charge >= 0.3 is 0 Å². The first-order chi connectivity index (χ1) is 15.4. The molecule has 0 bridgehead atoms. The molecule has 168 valence electrons. The van der Waals surface area contributed by atoms with E-state index in [-0.39, 0.29) is 24.7 Å². The van der Waals surface area contributed by atoms with Gasteiger partial charge in [-0.25, -0.2) is 4.99 Å². The van der Waals surface area contributed by atoms with Gasteiger partial charge in [0.25, 0.3) is 0 Å². The van der Waals surface area contributed by atoms with Crippen molar-refractivity contribution in [3.8, 4) is 11.1 Å². The monoisotopic (exact) mass is 433 g/mol. The molecule has 1 amide bonds. The van der Waals surface area contributed by atoms with Crippen molar-refractivity contribution in [3.63, 3.8) is 0 Å². The first-order valence-corrected chi connectivity index (χ1v) is 11.1. The number of hydrogen-bond acceptors (Lipinski definition) is 5. The molecular formula is C26H31N3O3. The summed E-state index contributed by atoms with van der Waals surface area (Å²) in [4.78, 5) is 31.2. The summed E-state index contributed by atoms with van der Waals surface area (Å²) in [6, 6.07) is 13.7. The van der Waals surface area contributed by atoms with Crippen LogP contribution in [0.4, 0.5) is 5.69 Å². The van der Waals surface area contributed by atoms with Crippen molar-refractivity contribution in [3.05, 3.63) is 59.2 Å². The molecule has 0 atom stereocenters. The molecule has 0 radical (unpaired) electrons. The average molecular weight is 434 g/mol. The zero-order chi connectivity index (χ0) is 23.1. The van der Waals surface area contributed by atoms with Crippen LogP contribution in [-0.2, 0) is 16.0 Å². The third-order valence-electron chi connectivity index (χ3n) is 5.41. The zero-order valence-corrected chi connectivity index (χ0v) is 18.8. The molecule has 0 aliphatic carbocycles. The van der Waals surface area contributed by atoms with Crippen LogP contribution in [0.3, 0.4) is 0 Å². The van der Waals surface area contributed by atoms with E-state index in [1.54, 1.807) is 11.8 Å². The molecule has 0 saturated carbocycles. The Kier molecular flexibility index (Phi) is 7.95. The fourth-order valence-electron chi connectivity index (χ4n) is 3.97. The molecule has 0 unspecified atom stereocenters. The molecule has 0 saturated heterocycles. The lowest BCUT2D eigenvalue weighted by Crippen LogP contribution is -2.35. The van der Waals surface area contributed by atoms with Crippen molar-refractivity contribution in [2.24, 2.45) is 10.7 Å². The molecule has 1 heterocycles. The van der Waals surface area contributed by atoms with Crippen molar-refractivity contribution in [2.45, 2.75) is 39.5 Å². The summed E-state index contributed by atoms with van der Waals surface area (Å²) in [6.45, 7) is 4.80. The highest BCUT2D eigenvalue weighted by Crippen LogP contribution is 2.33. The number of carbonyl (C=O) groups excluding carboxylic acids is 2. The fourth-order valence-corrected chi connectivity index (χ4v) is 3.97. The Balaban J connectivity index is 1.97. The van der Waals surface area contributed by atoms with Gasteiger partial charge in [0.05, 0.1) is 5.69 Å². The Morgan fingerprint density at radius 1 is 1.16 bits per heavy atom. The van der Waals surface area contributed by atoms with Crippen LogP contribution in [-0.4, -0.2) is 47.2 Å². The zero-order valence-electron chi connectivity index (χ0n) is 18.8. The summed E-state index contributed by atoms with van der Waals surface area (Å²) in [7, 11) is 0. The molecule has 0 fully saturated rings. The third kappa shape index (κ3) is 5.71. The average Bonchev–Trinajstić information content (AvgIpc) is 2.93.